The van der Waals surface area contributed by atoms with Gasteiger partial charge in [-0.2, -0.15) is 0 Å². The van der Waals surface area contributed by atoms with E-state index in [1.807, 2.05) is 0 Å². The van der Waals surface area contributed by atoms with Crippen LogP contribution in [-0.4, -0.2) is 13.4 Å². The fraction of sp³-hybridized carbons (Fsp3) is 0. The van der Waals surface area contributed by atoms with Crippen molar-refractivity contribution in [2.75, 3.05) is 0 Å². The first kappa shape index (κ1) is 9.11. The molecule has 0 fully saturated rings. The van der Waals surface area contributed by atoms with E-state index in [0.717, 1.165) is 5.39 Å². The molecule has 0 saturated carbocycles. The average Bonchev–Trinajstić information content (AvgIpc) is 2.15. The van der Waals surface area contributed by atoms with Crippen molar-refractivity contribution in [3.05, 3.63) is 36.5 Å². The van der Waals surface area contributed by atoms with Crippen molar-refractivity contribution in [2.24, 2.45) is 0 Å². The summed E-state index contributed by atoms with van der Waals surface area (Å²) in [6.45, 7) is 0. The zero-order valence-electron chi connectivity index (χ0n) is 7.14. The molecule has 0 spiro atoms. The summed E-state index contributed by atoms with van der Waals surface area (Å²) in [6.07, 6.45) is 1.51. The van der Waals surface area contributed by atoms with Gasteiger partial charge in [0.15, 0.2) is 0 Å². The summed E-state index contributed by atoms with van der Waals surface area (Å²) < 4.78 is 22.1. The lowest BCUT2D eigenvalue weighted by Crippen LogP contribution is -2.01. The summed E-state index contributed by atoms with van der Waals surface area (Å²) >= 11 is 0. The van der Waals surface area contributed by atoms with E-state index in [-0.39, 0.29) is 4.90 Å². The van der Waals surface area contributed by atoms with Crippen molar-refractivity contribution in [3.63, 3.8) is 0 Å². The molecule has 2 rings (SSSR count). The van der Waals surface area contributed by atoms with E-state index in [0.29, 0.717) is 5.52 Å². The third-order valence-corrected chi connectivity index (χ3v) is 2.79. The highest BCUT2D eigenvalue weighted by Gasteiger charge is 2.12. The van der Waals surface area contributed by atoms with Gasteiger partial charge in [-0.1, -0.05) is 18.2 Å². The first-order valence-electron chi connectivity index (χ1n) is 3.92. The fourth-order valence-electron chi connectivity index (χ4n) is 1.29. The Balaban J connectivity index is 2.92. The molecule has 1 radical (unpaired) electrons. The second-order valence-corrected chi connectivity index (χ2v) is 4.28. The van der Waals surface area contributed by atoms with Crippen molar-refractivity contribution >= 4 is 20.9 Å². The number of hydrogen-bond acceptors (Lipinski definition) is 3. The van der Waals surface area contributed by atoms with Crippen LogP contribution in [0.2, 0.25) is 0 Å². The maximum atomic E-state index is 11.1. The molecule has 0 atom stereocenters. The highest BCUT2D eigenvalue weighted by atomic mass is 32.2. The van der Waals surface area contributed by atoms with Crippen LogP contribution in [-0.2, 0) is 10.0 Å². The Morgan fingerprint density at radius 2 is 1.86 bits per heavy atom. The molecule has 0 aliphatic carbocycles. The van der Waals surface area contributed by atoms with Gasteiger partial charge >= 0.3 is 0 Å². The Morgan fingerprint density at radius 3 is 2.57 bits per heavy atom. The van der Waals surface area contributed by atoms with Gasteiger partial charge in [0.1, 0.15) is 4.90 Å². The second kappa shape index (κ2) is 3.04. The molecule has 5 heteroatoms. The Hall–Kier alpha value is -1.46. The van der Waals surface area contributed by atoms with E-state index in [2.05, 4.69) is 4.98 Å². The molecule has 1 N–H and O–H groups in total. The van der Waals surface area contributed by atoms with E-state index in [1.54, 1.807) is 24.3 Å². The lowest BCUT2D eigenvalue weighted by Gasteiger charge is -2.01. The van der Waals surface area contributed by atoms with Gasteiger partial charge in [-0.15, -0.1) is 5.14 Å². The molecule has 4 nitrogen and oxygen atoms in total. The molecule has 1 aromatic heterocycles. The molecule has 0 bridgehead atoms. The number of nitrogens with one attached hydrogen (secondary N) is 1. The molecular formula is C9H7N2O2S. The first-order chi connectivity index (χ1) is 6.59. The van der Waals surface area contributed by atoms with E-state index in [4.69, 9.17) is 5.14 Å². The van der Waals surface area contributed by atoms with Gasteiger partial charge in [-0.25, -0.2) is 8.42 Å². The van der Waals surface area contributed by atoms with Gasteiger partial charge in [0, 0.05) is 11.6 Å². The first-order valence-corrected chi connectivity index (χ1v) is 5.41. The molecule has 0 aliphatic heterocycles. The van der Waals surface area contributed by atoms with Crippen molar-refractivity contribution < 1.29 is 8.42 Å². The van der Waals surface area contributed by atoms with Gasteiger partial charge < -0.3 is 0 Å². The van der Waals surface area contributed by atoms with Crippen LogP contribution < -0.4 is 5.14 Å². The Labute approximate surface area is 81.4 Å². The van der Waals surface area contributed by atoms with E-state index in [9.17, 15) is 8.42 Å². The van der Waals surface area contributed by atoms with Crippen LogP contribution in [0, 0.1) is 0 Å². The van der Waals surface area contributed by atoms with Crippen LogP contribution in [0.4, 0.5) is 0 Å². The minimum atomic E-state index is -3.94. The molecule has 2 aromatic rings. The minimum absolute atomic E-state index is 0.0457. The largest absolute Gasteiger partial charge is 0.256 e. The standard InChI is InChI=1S/C9H7N2O2S/c10-14(12,13)8-5-1-3-7-4-2-6-11-9(7)8/h1-6,10H. The quantitative estimate of drug-likeness (QED) is 0.705. The number of fused-ring (bicyclic) bond motifs is 1. The summed E-state index contributed by atoms with van der Waals surface area (Å²) in [5.74, 6) is 0. The molecule has 14 heavy (non-hydrogen) atoms. The zero-order chi connectivity index (χ0) is 10.2. The van der Waals surface area contributed by atoms with Crippen LogP contribution in [0.1, 0.15) is 0 Å². The second-order valence-electron chi connectivity index (χ2n) is 2.83. The van der Waals surface area contributed by atoms with Gasteiger partial charge in [0.25, 0.3) is 10.0 Å². The van der Waals surface area contributed by atoms with Crippen LogP contribution in [0.25, 0.3) is 10.9 Å². The van der Waals surface area contributed by atoms with Crippen LogP contribution >= 0.6 is 0 Å². The number of sulfonamides is 1. The summed E-state index contributed by atoms with van der Waals surface area (Å²) in [4.78, 5) is 3.90. The minimum Gasteiger partial charge on any atom is -0.255 e. The van der Waals surface area contributed by atoms with Crippen LogP contribution in [0.5, 0.6) is 0 Å². The number of pyridine rings is 1. The van der Waals surface area contributed by atoms with Gasteiger partial charge in [0.05, 0.1) is 5.52 Å². The highest BCUT2D eigenvalue weighted by Crippen LogP contribution is 2.19. The summed E-state index contributed by atoms with van der Waals surface area (Å²) in [7, 11) is -3.94. The molecule has 0 unspecified atom stereocenters. The molecule has 0 aliphatic rings. The monoisotopic (exact) mass is 207 g/mol. The van der Waals surface area contributed by atoms with Crippen LogP contribution in [0.15, 0.2) is 41.4 Å². The maximum Gasteiger partial charge on any atom is 0.256 e. The predicted molar refractivity (Wildman–Crippen MR) is 52.0 cm³/mol. The molecule has 0 saturated heterocycles. The van der Waals surface area contributed by atoms with Gasteiger partial charge in [-0.3, -0.25) is 4.98 Å². The van der Waals surface area contributed by atoms with Crippen molar-refractivity contribution in [3.8, 4) is 0 Å². The van der Waals surface area contributed by atoms with Gasteiger partial charge in [0.2, 0.25) is 0 Å². The third kappa shape index (κ3) is 1.47. The summed E-state index contributed by atoms with van der Waals surface area (Å²) in [6, 6.07) is 8.24. The van der Waals surface area contributed by atoms with E-state index < -0.39 is 10.0 Å². The maximum absolute atomic E-state index is 11.1. The van der Waals surface area contributed by atoms with E-state index >= 15 is 0 Å². The molecular weight excluding hydrogens is 200 g/mol. The molecule has 1 heterocycles. The summed E-state index contributed by atoms with van der Waals surface area (Å²) in [5.41, 5.74) is 0.352. The zero-order valence-corrected chi connectivity index (χ0v) is 7.95. The number of hydrogen-bond donors (Lipinski definition) is 0. The lowest BCUT2D eigenvalue weighted by atomic mass is 10.2. The topological polar surface area (TPSA) is 70.8 Å². The van der Waals surface area contributed by atoms with Crippen molar-refractivity contribution in [1.29, 1.82) is 0 Å². The number of benzene rings is 1. The number of para-hydroxylation sites is 1. The molecule has 0 amide bonds. The lowest BCUT2D eigenvalue weighted by molar-refractivity contribution is 0.597. The highest BCUT2D eigenvalue weighted by molar-refractivity contribution is 7.89. The molecule has 71 valence electrons. The smallest absolute Gasteiger partial charge is 0.255 e. The van der Waals surface area contributed by atoms with E-state index in [1.165, 1.54) is 12.3 Å². The normalized spacial score (nSPS) is 11.8. The average molecular weight is 207 g/mol. The fourth-order valence-corrected chi connectivity index (χ4v) is 1.98. The Bertz CT molecular complexity index is 573. The number of nitrogens with zero attached hydrogens (tertiary/aromatic N) is 1. The van der Waals surface area contributed by atoms with Crippen LogP contribution in [0.3, 0.4) is 0 Å². The molecule has 1 aromatic carbocycles. The Morgan fingerprint density at radius 1 is 1.14 bits per heavy atom. The van der Waals surface area contributed by atoms with Gasteiger partial charge in [-0.05, 0) is 12.1 Å². The van der Waals surface area contributed by atoms with Crippen molar-refractivity contribution in [2.45, 2.75) is 4.90 Å². The third-order valence-electron chi connectivity index (χ3n) is 1.89. The van der Waals surface area contributed by atoms with Crippen molar-refractivity contribution in [1.82, 2.24) is 10.1 Å². The Kier molecular flexibility index (Phi) is 1.98. The number of aromatic nitrogens is 1. The SMILES string of the molecule is [NH]S(=O)(=O)c1cccc2cccnc12. The summed E-state index contributed by atoms with van der Waals surface area (Å²) in [5, 5.41) is 7.71. The predicted octanol–water partition coefficient (Wildman–Crippen LogP) is 1.21. The number of rotatable bonds is 1.